The third kappa shape index (κ3) is 3.08. The predicted octanol–water partition coefficient (Wildman–Crippen LogP) is 4.21. The third-order valence-corrected chi connectivity index (χ3v) is 3.90. The zero-order valence-corrected chi connectivity index (χ0v) is 11.3. The minimum absolute atomic E-state index is 0.137. The fourth-order valence-corrected chi connectivity index (χ4v) is 2.57. The Morgan fingerprint density at radius 1 is 1.37 bits per heavy atom. The summed E-state index contributed by atoms with van der Waals surface area (Å²) in [6, 6.07) is 4.89. The molecular weight excluding hydrogens is 299 g/mol. The van der Waals surface area contributed by atoms with Crippen molar-refractivity contribution in [1.29, 1.82) is 0 Å². The monoisotopic (exact) mass is 307 g/mol. The maximum Gasteiger partial charge on any atom is 0.443 e. The molecule has 0 spiro atoms. The lowest BCUT2D eigenvalue weighted by molar-refractivity contribution is -0.137. The Labute approximate surface area is 116 Å². The van der Waals surface area contributed by atoms with Crippen molar-refractivity contribution >= 4 is 22.9 Å². The fraction of sp³-hybridized carbons (Fsp3) is 0.250. The van der Waals surface area contributed by atoms with Gasteiger partial charge in [0.2, 0.25) is 0 Å². The molecule has 0 saturated carbocycles. The van der Waals surface area contributed by atoms with Crippen LogP contribution >= 0.6 is 22.9 Å². The van der Waals surface area contributed by atoms with E-state index in [9.17, 15) is 18.3 Å². The molecule has 0 bridgehead atoms. The molecular formula is C12H9ClF3NOS. The molecule has 1 heterocycles. The first-order valence-corrected chi connectivity index (χ1v) is 6.45. The smallest absolute Gasteiger partial charge is 0.383 e. The first-order valence-electron chi connectivity index (χ1n) is 5.26. The molecule has 102 valence electrons. The van der Waals surface area contributed by atoms with Crippen molar-refractivity contribution in [3.63, 3.8) is 0 Å². The molecule has 7 heteroatoms. The van der Waals surface area contributed by atoms with Crippen LogP contribution in [0.5, 0.6) is 0 Å². The summed E-state index contributed by atoms with van der Waals surface area (Å²) in [5.41, 5.74) is 1.23. The number of aryl methyl sites for hydroxylation is 1. The fourth-order valence-electron chi connectivity index (χ4n) is 1.60. The van der Waals surface area contributed by atoms with Gasteiger partial charge in [0.1, 0.15) is 6.10 Å². The molecule has 2 aromatic rings. The first kappa shape index (κ1) is 14.3. The van der Waals surface area contributed by atoms with Gasteiger partial charge >= 0.3 is 6.18 Å². The van der Waals surface area contributed by atoms with Gasteiger partial charge in [0.15, 0.2) is 5.01 Å². The van der Waals surface area contributed by atoms with Crippen molar-refractivity contribution < 1.29 is 18.3 Å². The second kappa shape index (κ2) is 5.11. The van der Waals surface area contributed by atoms with Crippen LogP contribution in [-0.4, -0.2) is 10.1 Å². The summed E-state index contributed by atoms with van der Waals surface area (Å²) < 4.78 is 37.4. The van der Waals surface area contributed by atoms with Crippen LogP contribution < -0.4 is 0 Å². The number of thiazole rings is 1. The van der Waals surface area contributed by atoms with E-state index >= 15 is 0 Å². The minimum atomic E-state index is -4.49. The topological polar surface area (TPSA) is 33.1 Å². The van der Waals surface area contributed by atoms with Gasteiger partial charge in [-0.2, -0.15) is 13.2 Å². The normalized spacial score (nSPS) is 13.6. The van der Waals surface area contributed by atoms with Crippen molar-refractivity contribution in [3.8, 4) is 0 Å². The zero-order chi connectivity index (χ0) is 14.2. The lowest BCUT2D eigenvalue weighted by atomic mass is 10.0. The number of aliphatic hydroxyl groups excluding tert-OH is 1. The van der Waals surface area contributed by atoms with Gasteiger partial charge in [0.25, 0.3) is 0 Å². The average Bonchev–Trinajstić information content (AvgIpc) is 2.80. The van der Waals surface area contributed by atoms with Crippen molar-refractivity contribution in [2.75, 3.05) is 0 Å². The largest absolute Gasteiger partial charge is 0.443 e. The van der Waals surface area contributed by atoms with Crippen molar-refractivity contribution in [1.82, 2.24) is 4.98 Å². The molecule has 2 rings (SSSR count). The predicted molar refractivity (Wildman–Crippen MR) is 67.4 cm³/mol. The Bertz CT molecular complexity index is 597. The van der Waals surface area contributed by atoms with E-state index in [1.807, 2.05) is 0 Å². The molecule has 0 radical (unpaired) electrons. The van der Waals surface area contributed by atoms with Crippen LogP contribution in [-0.2, 0) is 6.18 Å². The quantitative estimate of drug-likeness (QED) is 0.901. The maximum atomic E-state index is 12.5. The highest BCUT2D eigenvalue weighted by molar-refractivity contribution is 7.11. The summed E-state index contributed by atoms with van der Waals surface area (Å²) in [7, 11) is 0. The zero-order valence-electron chi connectivity index (χ0n) is 9.70. The SMILES string of the molecule is Cc1ccc(Cl)cc1C(O)c1cnc(C(F)(F)F)s1. The molecule has 0 aliphatic carbocycles. The number of alkyl halides is 3. The summed E-state index contributed by atoms with van der Waals surface area (Å²) in [5, 5.41) is 9.57. The minimum Gasteiger partial charge on any atom is -0.383 e. The molecule has 1 N–H and O–H groups in total. The molecule has 1 aromatic carbocycles. The first-order chi connectivity index (χ1) is 8.79. The average molecular weight is 308 g/mol. The van der Waals surface area contributed by atoms with E-state index in [-0.39, 0.29) is 4.88 Å². The number of hydrogen-bond donors (Lipinski definition) is 1. The van der Waals surface area contributed by atoms with E-state index in [0.717, 1.165) is 11.8 Å². The lowest BCUT2D eigenvalue weighted by Gasteiger charge is -2.12. The number of aromatic nitrogens is 1. The van der Waals surface area contributed by atoms with E-state index in [2.05, 4.69) is 4.98 Å². The number of benzene rings is 1. The Morgan fingerprint density at radius 3 is 2.63 bits per heavy atom. The van der Waals surface area contributed by atoms with Crippen LogP contribution in [0.15, 0.2) is 24.4 Å². The molecule has 0 aliphatic rings. The Morgan fingerprint density at radius 2 is 2.05 bits per heavy atom. The molecule has 1 atom stereocenters. The van der Waals surface area contributed by atoms with Gasteiger partial charge in [-0.3, -0.25) is 0 Å². The van der Waals surface area contributed by atoms with Crippen LogP contribution in [0.4, 0.5) is 13.2 Å². The van der Waals surface area contributed by atoms with E-state index in [0.29, 0.717) is 21.9 Å². The van der Waals surface area contributed by atoms with Gasteiger partial charge < -0.3 is 5.11 Å². The molecule has 1 unspecified atom stereocenters. The van der Waals surface area contributed by atoms with E-state index in [1.54, 1.807) is 19.1 Å². The molecule has 0 amide bonds. The highest BCUT2D eigenvalue weighted by Gasteiger charge is 2.35. The Kier molecular flexibility index (Phi) is 3.85. The number of aliphatic hydroxyl groups is 1. The van der Waals surface area contributed by atoms with Crippen molar-refractivity contribution in [2.45, 2.75) is 19.2 Å². The van der Waals surface area contributed by atoms with Crippen LogP contribution in [0.3, 0.4) is 0 Å². The van der Waals surface area contributed by atoms with Crippen LogP contribution in [0.2, 0.25) is 5.02 Å². The van der Waals surface area contributed by atoms with Gasteiger partial charge in [-0.15, -0.1) is 11.3 Å². The van der Waals surface area contributed by atoms with Gasteiger partial charge in [-0.25, -0.2) is 4.98 Å². The second-order valence-electron chi connectivity index (χ2n) is 3.97. The highest BCUT2D eigenvalue weighted by atomic mass is 35.5. The third-order valence-electron chi connectivity index (χ3n) is 2.57. The lowest BCUT2D eigenvalue weighted by Crippen LogP contribution is -2.03. The van der Waals surface area contributed by atoms with E-state index in [4.69, 9.17) is 11.6 Å². The van der Waals surface area contributed by atoms with Crippen molar-refractivity contribution in [3.05, 3.63) is 50.4 Å². The van der Waals surface area contributed by atoms with Crippen LogP contribution in [0, 0.1) is 6.92 Å². The summed E-state index contributed by atoms with van der Waals surface area (Å²) in [6.45, 7) is 1.75. The Balaban J connectivity index is 2.36. The maximum absolute atomic E-state index is 12.5. The molecule has 0 fully saturated rings. The van der Waals surface area contributed by atoms with Gasteiger partial charge in [-0.05, 0) is 30.2 Å². The van der Waals surface area contributed by atoms with Crippen LogP contribution in [0.25, 0.3) is 0 Å². The van der Waals surface area contributed by atoms with Gasteiger partial charge in [-0.1, -0.05) is 17.7 Å². The molecule has 19 heavy (non-hydrogen) atoms. The highest BCUT2D eigenvalue weighted by Crippen LogP contribution is 2.36. The number of nitrogens with zero attached hydrogens (tertiary/aromatic N) is 1. The molecule has 1 aromatic heterocycles. The summed E-state index contributed by atoms with van der Waals surface area (Å²) in [5.74, 6) is 0. The standard InChI is InChI=1S/C12H9ClF3NOS/c1-6-2-3-7(13)4-8(6)10(18)9-5-17-11(19-9)12(14,15)16/h2-5,10,18H,1H3. The molecule has 0 saturated heterocycles. The van der Waals surface area contributed by atoms with Crippen LogP contribution in [0.1, 0.15) is 27.1 Å². The summed E-state index contributed by atoms with van der Waals surface area (Å²) >= 11 is 6.25. The summed E-state index contributed by atoms with van der Waals surface area (Å²) in [4.78, 5) is 3.42. The van der Waals surface area contributed by atoms with Crippen molar-refractivity contribution in [2.24, 2.45) is 0 Å². The number of halogens is 4. The van der Waals surface area contributed by atoms with E-state index in [1.165, 1.54) is 6.07 Å². The number of rotatable bonds is 2. The second-order valence-corrected chi connectivity index (χ2v) is 5.47. The van der Waals surface area contributed by atoms with E-state index < -0.39 is 17.3 Å². The number of hydrogen-bond acceptors (Lipinski definition) is 3. The summed E-state index contributed by atoms with van der Waals surface area (Å²) in [6.07, 6.45) is -4.61. The molecule has 2 nitrogen and oxygen atoms in total. The van der Waals surface area contributed by atoms with Gasteiger partial charge in [0, 0.05) is 11.2 Å². The molecule has 0 aliphatic heterocycles. The Hall–Kier alpha value is -1.11. The van der Waals surface area contributed by atoms with Gasteiger partial charge in [0.05, 0.1) is 4.88 Å².